The molecule has 3 nitrogen and oxygen atoms in total. The molecular formula is C20H16IN3. The number of fused-ring (bicyclic) bond motifs is 5. The third-order valence-corrected chi connectivity index (χ3v) is 5.73. The summed E-state index contributed by atoms with van der Waals surface area (Å²) in [4.78, 5) is 5.07. The summed E-state index contributed by atoms with van der Waals surface area (Å²) < 4.78 is 1.26. The molecule has 0 aliphatic heterocycles. The van der Waals surface area contributed by atoms with E-state index in [1.165, 1.54) is 43.9 Å². The van der Waals surface area contributed by atoms with Gasteiger partial charge in [-0.2, -0.15) is 5.10 Å². The SMILES string of the molecule is Ic1ccc(-c2nc3ccc4[nH]ncc4c3c3c2CCCC3)cc1. The molecule has 2 aromatic heterocycles. The molecule has 0 amide bonds. The molecule has 5 rings (SSSR count). The van der Waals surface area contributed by atoms with Gasteiger partial charge in [0.2, 0.25) is 0 Å². The van der Waals surface area contributed by atoms with Crippen LogP contribution in [-0.2, 0) is 12.8 Å². The van der Waals surface area contributed by atoms with Crippen molar-refractivity contribution in [2.24, 2.45) is 0 Å². The van der Waals surface area contributed by atoms with Crippen molar-refractivity contribution in [2.45, 2.75) is 25.7 Å². The summed E-state index contributed by atoms with van der Waals surface area (Å²) in [7, 11) is 0. The van der Waals surface area contributed by atoms with Crippen molar-refractivity contribution in [1.29, 1.82) is 0 Å². The van der Waals surface area contributed by atoms with E-state index in [9.17, 15) is 0 Å². The van der Waals surface area contributed by atoms with Crippen LogP contribution in [0.2, 0.25) is 0 Å². The van der Waals surface area contributed by atoms with Crippen molar-refractivity contribution < 1.29 is 0 Å². The highest BCUT2D eigenvalue weighted by molar-refractivity contribution is 14.1. The molecule has 0 spiro atoms. The molecule has 2 heterocycles. The largest absolute Gasteiger partial charge is 0.278 e. The van der Waals surface area contributed by atoms with Crippen LogP contribution in [0.1, 0.15) is 24.0 Å². The first-order chi connectivity index (χ1) is 11.8. The second-order valence-electron chi connectivity index (χ2n) is 6.42. The number of nitrogens with zero attached hydrogens (tertiary/aromatic N) is 2. The Morgan fingerprint density at radius 3 is 2.54 bits per heavy atom. The maximum absolute atomic E-state index is 5.07. The van der Waals surface area contributed by atoms with Gasteiger partial charge in [0.15, 0.2) is 0 Å². The highest BCUT2D eigenvalue weighted by Crippen LogP contribution is 2.37. The van der Waals surface area contributed by atoms with Gasteiger partial charge in [-0.3, -0.25) is 5.10 Å². The molecule has 118 valence electrons. The number of aromatic nitrogens is 3. The minimum absolute atomic E-state index is 1.08. The Kier molecular flexibility index (Phi) is 3.33. The molecule has 2 aromatic carbocycles. The van der Waals surface area contributed by atoms with Crippen molar-refractivity contribution in [2.75, 3.05) is 0 Å². The van der Waals surface area contributed by atoms with Crippen LogP contribution in [0.3, 0.4) is 0 Å². The van der Waals surface area contributed by atoms with Gasteiger partial charge in [0.05, 0.1) is 22.9 Å². The molecule has 1 N–H and O–H groups in total. The fourth-order valence-electron chi connectivity index (χ4n) is 3.89. The number of halogens is 1. The quantitative estimate of drug-likeness (QED) is 0.423. The molecule has 0 saturated carbocycles. The summed E-state index contributed by atoms with van der Waals surface area (Å²) in [6.45, 7) is 0. The lowest BCUT2D eigenvalue weighted by molar-refractivity contribution is 0.689. The first-order valence-electron chi connectivity index (χ1n) is 8.35. The fourth-order valence-corrected chi connectivity index (χ4v) is 4.25. The van der Waals surface area contributed by atoms with Gasteiger partial charge in [-0.25, -0.2) is 4.98 Å². The molecule has 4 heteroatoms. The van der Waals surface area contributed by atoms with E-state index in [4.69, 9.17) is 4.98 Å². The van der Waals surface area contributed by atoms with Crippen LogP contribution in [-0.4, -0.2) is 15.2 Å². The number of hydrogen-bond acceptors (Lipinski definition) is 2. The summed E-state index contributed by atoms with van der Waals surface area (Å²) >= 11 is 2.35. The summed E-state index contributed by atoms with van der Waals surface area (Å²) in [5, 5.41) is 9.83. The molecule has 0 fully saturated rings. The Balaban J connectivity index is 1.88. The Labute approximate surface area is 153 Å². The standard InChI is InChI=1S/C20H16IN3/c21-13-7-5-12(6-8-13)20-15-4-2-1-3-14(15)19-16-11-22-24-17(16)9-10-18(19)23-20/h5-11H,1-4H2,(H,22,24). The van der Waals surface area contributed by atoms with Crippen molar-refractivity contribution in [3.8, 4) is 11.3 Å². The van der Waals surface area contributed by atoms with Gasteiger partial charge in [0.1, 0.15) is 0 Å². The first kappa shape index (κ1) is 14.4. The van der Waals surface area contributed by atoms with Crippen molar-refractivity contribution >= 4 is 44.4 Å². The normalized spacial score (nSPS) is 14.2. The summed E-state index contributed by atoms with van der Waals surface area (Å²) in [5.74, 6) is 0. The third-order valence-electron chi connectivity index (χ3n) is 5.01. The van der Waals surface area contributed by atoms with Crippen molar-refractivity contribution in [3.63, 3.8) is 0 Å². The fraction of sp³-hybridized carbons (Fsp3) is 0.200. The van der Waals surface area contributed by atoms with Crippen LogP contribution in [0.25, 0.3) is 33.1 Å². The van der Waals surface area contributed by atoms with Crippen LogP contribution in [0.15, 0.2) is 42.6 Å². The highest BCUT2D eigenvalue weighted by Gasteiger charge is 2.20. The number of H-pyrrole nitrogens is 1. The van der Waals surface area contributed by atoms with Crippen molar-refractivity contribution in [1.82, 2.24) is 15.2 Å². The molecule has 24 heavy (non-hydrogen) atoms. The number of hydrogen-bond donors (Lipinski definition) is 1. The van der Waals surface area contributed by atoms with E-state index in [-0.39, 0.29) is 0 Å². The smallest absolute Gasteiger partial charge is 0.0744 e. The maximum atomic E-state index is 5.07. The van der Waals surface area contributed by atoms with Crippen LogP contribution >= 0.6 is 22.6 Å². The van der Waals surface area contributed by atoms with Crippen LogP contribution < -0.4 is 0 Å². The van der Waals surface area contributed by atoms with E-state index >= 15 is 0 Å². The van der Waals surface area contributed by atoms with Crippen LogP contribution in [0.4, 0.5) is 0 Å². The lowest BCUT2D eigenvalue weighted by Crippen LogP contribution is -2.07. The van der Waals surface area contributed by atoms with Gasteiger partial charge in [-0.05, 0) is 83.7 Å². The zero-order valence-electron chi connectivity index (χ0n) is 13.1. The number of nitrogens with one attached hydrogen (secondary N) is 1. The van der Waals surface area contributed by atoms with Gasteiger partial charge in [-0.15, -0.1) is 0 Å². The average Bonchev–Trinajstić information content (AvgIpc) is 3.10. The van der Waals surface area contributed by atoms with Gasteiger partial charge >= 0.3 is 0 Å². The molecule has 4 aromatic rings. The van der Waals surface area contributed by atoms with Crippen molar-refractivity contribution in [3.05, 3.63) is 57.3 Å². The zero-order chi connectivity index (χ0) is 16.1. The number of benzene rings is 2. The van der Waals surface area contributed by atoms with E-state index in [1.54, 1.807) is 0 Å². The molecule has 0 unspecified atom stereocenters. The van der Waals surface area contributed by atoms with Gasteiger partial charge in [0.25, 0.3) is 0 Å². The van der Waals surface area contributed by atoms with E-state index in [0.29, 0.717) is 0 Å². The van der Waals surface area contributed by atoms with Gasteiger partial charge < -0.3 is 0 Å². The van der Waals surface area contributed by atoms with E-state index in [2.05, 4.69) is 69.2 Å². The number of aryl methyl sites for hydroxylation is 1. The minimum Gasteiger partial charge on any atom is -0.278 e. The molecular weight excluding hydrogens is 409 g/mol. The predicted octanol–water partition coefficient (Wildman–Crippen LogP) is 5.26. The number of aromatic amines is 1. The first-order valence-corrected chi connectivity index (χ1v) is 9.42. The topological polar surface area (TPSA) is 41.6 Å². The average molecular weight is 425 g/mol. The lowest BCUT2D eigenvalue weighted by atomic mass is 9.85. The molecule has 1 aliphatic rings. The van der Waals surface area contributed by atoms with E-state index in [1.807, 2.05) is 6.20 Å². The summed E-state index contributed by atoms with van der Waals surface area (Å²) in [6.07, 6.45) is 6.70. The Morgan fingerprint density at radius 1 is 0.917 bits per heavy atom. The van der Waals surface area contributed by atoms with Crippen LogP contribution in [0.5, 0.6) is 0 Å². The zero-order valence-corrected chi connectivity index (χ0v) is 15.3. The van der Waals surface area contributed by atoms with E-state index in [0.717, 1.165) is 29.6 Å². The second-order valence-corrected chi connectivity index (χ2v) is 7.67. The molecule has 0 radical (unpaired) electrons. The minimum atomic E-state index is 1.08. The Hall–Kier alpha value is -1.95. The van der Waals surface area contributed by atoms with Crippen LogP contribution in [0, 0.1) is 3.57 Å². The van der Waals surface area contributed by atoms with E-state index < -0.39 is 0 Å². The van der Waals surface area contributed by atoms with Gasteiger partial charge in [-0.1, -0.05) is 12.1 Å². The number of rotatable bonds is 1. The Bertz CT molecular complexity index is 1060. The predicted molar refractivity (Wildman–Crippen MR) is 106 cm³/mol. The molecule has 0 bridgehead atoms. The molecule has 0 saturated heterocycles. The maximum Gasteiger partial charge on any atom is 0.0744 e. The summed E-state index contributed by atoms with van der Waals surface area (Å²) in [6, 6.07) is 12.9. The van der Waals surface area contributed by atoms with Gasteiger partial charge in [0, 0.05) is 19.9 Å². The summed E-state index contributed by atoms with van der Waals surface area (Å²) in [5.41, 5.74) is 7.48. The second kappa shape index (κ2) is 5.55. The highest BCUT2D eigenvalue weighted by atomic mass is 127. The lowest BCUT2D eigenvalue weighted by Gasteiger charge is -2.21. The molecule has 0 atom stereocenters. The third kappa shape index (κ3) is 2.16. The monoisotopic (exact) mass is 425 g/mol. The Morgan fingerprint density at radius 2 is 1.71 bits per heavy atom. The molecule has 1 aliphatic carbocycles. The number of pyridine rings is 1.